The number of aromatic nitrogens is 3. The summed E-state index contributed by atoms with van der Waals surface area (Å²) in [5.41, 5.74) is -0.253. The predicted octanol–water partition coefficient (Wildman–Crippen LogP) is 6.78. The number of ether oxygens (including phenoxy) is 1. The molecule has 0 spiro atoms. The maximum atomic E-state index is 13.0. The third-order valence-corrected chi connectivity index (χ3v) is 5.91. The molecule has 2 fully saturated rings. The number of halogens is 3. The number of hydrogen-bond donors (Lipinski definition) is 1. The molecule has 1 N–H and O–H groups in total. The zero-order chi connectivity index (χ0) is 24.3. The average molecular weight is 475 g/mol. The molecule has 1 amide bonds. The van der Waals surface area contributed by atoms with Crippen molar-refractivity contribution in [2.45, 2.75) is 77.1 Å². The molecule has 34 heavy (non-hydrogen) atoms. The smallest absolute Gasteiger partial charge is 0.433 e. The summed E-state index contributed by atoms with van der Waals surface area (Å²) in [4.78, 5) is 16.2. The molecule has 6 nitrogen and oxygen atoms in total. The summed E-state index contributed by atoms with van der Waals surface area (Å²) in [7, 11) is 0. The number of benzene rings is 1. The van der Waals surface area contributed by atoms with Gasteiger partial charge in [0.1, 0.15) is 17.1 Å². The molecule has 0 aliphatic heterocycles. The summed E-state index contributed by atoms with van der Waals surface area (Å²) >= 11 is 0. The summed E-state index contributed by atoms with van der Waals surface area (Å²) in [6, 6.07) is 7.18. The van der Waals surface area contributed by atoms with Crippen LogP contribution in [0.3, 0.4) is 0 Å². The van der Waals surface area contributed by atoms with E-state index in [1.54, 1.807) is 12.1 Å². The number of nitrogens with one attached hydrogen (secondary N) is 1. The maximum absolute atomic E-state index is 13.0. The van der Waals surface area contributed by atoms with Crippen molar-refractivity contribution in [1.82, 2.24) is 14.8 Å². The summed E-state index contributed by atoms with van der Waals surface area (Å²) in [6.45, 7) is 4.00. The van der Waals surface area contributed by atoms with Crippen LogP contribution in [0.25, 0.3) is 10.9 Å². The van der Waals surface area contributed by atoms with Gasteiger partial charge >= 0.3 is 6.18 Å². The van der Waals surface area contributed by atoms with Gasteiger partial charge in [0.05, 0.1) is 23.3 Å². The van der Waals surface area contributed by atoms with Crippen molar-refractivity contribution in [3.63, 3.8) is 0 Å². The van der Waals surface area contributed by atoms with Crippen LogP contribution in [0.1, 0.15) is 81.0 Å². The van der Waals surface area contributed by atoms with Crippen LogP contribution in [0.15, 0.2) is 36.5 Å². The standard InChI is InChI=1S/C23H23F3N4O2.C2H6/c24-23(25,26)21-8-4-7-17(27-21)22(31)28-19-11-14-13-30(15-5-2-1-3-6-15)29-18(14)12-20(19)32-16-9-10-16;1-2/h4,7-8,11-13,15-16H,1-3,5-6,9-10H2,(H,28,31);1-2H3. The molecule has 2 aliphatic rings. The Kier molecular flexibility index (Phi) is 7.09. The first-order valence-corrected chi connectivity index (χ1v) is 11.9. The van der Waals surface area contributed by atoms with E-state index in [-0.39, 0.29) is 11.8 Å². The Balaban J connectivity index is 0.00000133. The first-order chi connectivity index (χ1) is 16.4. The highest BCUT2D eigenvalue weighted by Gasteiger charge is 2.33. The zero-order valence-corrected chi connectivity index (χ0v) is 19.4. The average Bonchev–Trinajstić information content (AvgIpc) is 3.57. The molecular weight excluding hydrogens is 445 g/mol. The van der Waals surface area contributed by atoms with Crippen molar-refractivity contribution in [3.05, 3.63) is 47.9 Å². The zero-order valence-electron chi connectivity index (χ0n) is 19.4. The third kappa shape index (κ3) is 5.51. The molecule has 2 aromatic heterocycles. The number of fused-ring (bicyclic) bond motifs is 1. The Bertz CT molecular complexity index is 1150. The Morgan fingerprint density at radius 2 is 1.82 bits per heavy atom. The minimum Gasteiger partial charge on any atom is -0.488 e. The van der Waals surface area contributed by atoms with Gasteiger partial charge in [0.25, 0.3) is 5.91 Å². The molecule has 1 aromatic carbocycles. The number of carbonyl (C=O) groups is 1. The van der Waals surface area contributed by atoms with Crippen molar-refractivity contribution in [3.8, 4) is 5.75 Å². The van der Waals surface area contributed by atoms with E-state index in [9.17, 15) is 18.0 Å². The van der Waals surface area contributed by atoms with Gasteiger partial charge in [0, 0.05) is 17.6 Å². The minimum absolute atomic E-state index is 0.0789. The molecule has 182 valence electrons. The number of nitrogens with zero attached hydrogens (tertiary/aromatic N) is 3. The second kappa shape index (κ2) is 10.0. The Morgan fingerprint density at radius 3 is 2.50 bits per heavy atom. The van der Waals surface area contributed by atoms with E-state index in [4.69, 9.17) is 9.84 Å². The van der Waals surface area contributed by atoms with Gasteiger partial charge in [0.15, 0.2) is 0 Å². The summed E-state index contributed by atoms with van der Waals surface area (Å²) in [6.07, 6.45) is 5.06. The predicted molar refractivity (Wildman–Crippen MR) is 124 cm³/mol. The van der Waals surface area contributed by atoms with Crippen LogP contribution in [0.4, 0.5) is 18.9 Å². The van der Waals surface area contributed by atoms with Crippen LogP contribution in [0.5, 0.6) is 5.75 Å². The number of pyridine rings is 1. The Labute approximate surface area is 196 Å². The van der Waals surface area contributed by atoms with Crippen LogP contribution in [-0.4, -0.2) is 26.8 Å². The lowest BCUT2D eigenvalue weighted by atomic mass is 9.96. The molecule has 2 saturated carbocycles. The highest BCUT2D eigenvalue weighted by Crippen LogP contribution is 2.37. The lowest BCUT2D eigenvalue weighted by Crippen LogP contribution is -2.17. The molecule has 9 heteroatoms. The van der Waals surface area contributed by atoms with Crippen molar-refractivity contribution >= 4 is 22.5 Å². The number of carbonyl (C=O) groups excluding carboxylic acids is 1. The molecule has 0 saturated heterocycles. The molecule has 0 atom stereocenters. The summed E-state index contributed by atoms with van der Waals surface area (Å²) in [5.74, 6) is -0.259. The van der Waals surface area contributed by atoms with Gasteiger partial charge in [-0.1, -0.05) is 39.2 Å². The normalized spacial score (nSPS) is 16.6. The Morgan fingerprint density at radius 1 is 1.09 bits per heavy atom. The van der Waals surface area contributed by atoms with Crippen LogP contribution in [0, 0.1) is 0 Å². The molecule has 3 aromatic rings. The van der Waals surface area contributed by atoms with E-state index < -0.39 is 17.8 Å². The second-order valence-corrected chi connectivity index (χ2v) is 8.49. The van der Waals surface area contributed by atoms with Crippen LogP contribution < -0.4 is 10.1 Å². The first-order valence-electron chi connectivity index (χ1n) is 11.9. The van der Waals surface area contributed by atoms with Crippen LogP contribution in [-0.2, 0) is 6.18 Å². The van der Waals surface area contributed by atoms with E-state index in [0.717, 1.165) is 42.7 Å². The minimum atomic E-state index is -4.62. The van der Waals surface area contributed by atoms with Crippen molar-refractivity contribution in [1.29, 1.82) is 0 Å². The molecule has 0 radical (unpaired) electrons. The molecule has 5 rings (SSSR count). The number of hydrogen-bond acceptors (Lipinski definition) is 4. The number of anilines is 1. The van der Waals surface area contributed by atoms with Crippen molar-refractivity contribution in [2.75, 3.05) is 5.32 Å². The molecular formula is C25H29F3N4O2. The van der Waals surface area contributed by atoms with E-state index in [0.29, 0.717) is 17.5 Å². The highest BCUT2D eigenvalue weighted by atomic mass is 19.4. The van der Waals surface area contributed by atoms with E-state index in [2.05, 4.69) is 10.3 Å². The highest BCUT2D eigenvalue weighted by molar-refractivity contribution is 6.05. The lowest BCUT2D eigenvalue weighted by molar-refractivity contribution is -0.141. The van der Waals surface area contributed by atoms with Gasteiger partial charge in [-0.2, -0.15) is 18.3 Å². The quantitative estimate of drug-likeness (QED) is 0.443. The topological polar surface area (TPSA) is 69.0 Å². The number of rotatable bonds is 5. The van der Waals surface area contributed by atoms with Gasteiger partial charge in [-0.05, 0) is 43.9 Å². The number of amides is 1. The fourth-order valence-corrected chi connectivity index (χ4v) is 4.07. The third-order valence-electron chi connectivity index (χ3n) is 5.91. The van der Waals surface area contributed by atoms with Gasteiger partial charge in [0.2, 0.25) is 0 Å². The van der Waals surface area contributed by atoms with E-state index in [1.165, 1.54) is 31.4 Å². The van der Waals surface area contributed by atoms with Gasteiger partial charge in [-0.3, -0.25) is 9.48 Å². The van der Waals surface area contributed by atoms with Gasteiger partial charge in [-0.15, -0.1) is 0 Å². The number of alkyl halides is 3. The Hall–Kier alpha value is -3.10. The maximum Gasteiger partial charge on any atom is 0.433 e. The first kappa shape index (κ1) is 24.0. The SMILES string of the molecule is CC.O=C(Nc1cc2cn(C3CCCCC3)nc2cc1OC1CC1)c1cccc(C(F)(F)F)n1. The fraction of sp³-hybridized carbons (Fsp3) is 0.480. The van der Waals surface area contributed by atoms with Gasteiger partial charge < -0.3 is 10.1 Å². The monoisotopic (exact) mass is 474 g/mol. The van der Waals surface area contributed by atoms with Gasteiger partial charge in [-0.25, -0.2) is 4.98 Å². The van der Waals surface area contributed by atoms with E-state index in [1.807, 2.05) is 24.7 Å². The molecule has 2 aliphatic carbocycles. The summed E-state index contributed by atoms with van der Waals surface area (Å²) < 4.78 is 46.9. The largest absolute Gasteiger partial charge is 0.488 e. The van der Waals surface area contributed by atoms with Crippen molar-refractivity contribution in [2.24, 2.45) is 0 Å². The second-order valence-electron chi connectivity index (χ2n) is 8.49. The fourth-order valence-electron chi connectivity index (χ4n) is 4.07. The van der Waals surface area contributed by atoms with Crippen LogP contribution in [0.2, 0.25) is 0 Å². The molecule has 2 heterocycles. The van der Waals surface area contributed by atoms with Crippen molar-refractivity contribution < 1.29 is 22.7 Å². The molecule has 0 unspecified atom stereocenters. The molecule has 0 bridgehead atoms. The van der Waals surface area contributed by atoms with Crippen LogP contribution >= 0.6 is 0 Å². The van der Waals surface area contributed by atoms with E-state index >= 15 is 0 Å². The lowest BCUT2D eigenvalue weighted by Gasteiger charge is -2.21. The summed E-state index contributed by atoms with van der Waals surface area (Å²) in [5, 5.41) is 8.26.